The Morgan fingerprint density at radius 2 is 2.24 bits per heavy atom. The number of nitrogens with zero attached hydrogens (tertiary/aromatic N) is 2. The third-order valence-corrected chi connectivity index (χ3v) is 4.00. The summed E-state index contributed by atoms with van der Waals surface area (Å²) in [6, 6.07) is 3.75. The lowest BCUT2D eigenvalue weighted by Gasteiger charge is -2.30. The standard InChI is InChI=1S/C14H16N2O5/c17-11-5-7-21-12-4-3-9(16(19)20)8-10(12)14(11)15-6-1-2-13(15)18/h3-4,8,11,14,17H,1-2,5-7H2. The predicted molar refractivity (Wildman–Crippen MR) is 72.9 cm³/mol. The number of nitro groups is 1. The zero-order valence-corrected chi connectivity index (χ0v) is 11.4. The number of aliphatic hydroxyl groups is 1. The van der Waals surface area contributed by atoms with E-state index >= 15 is 0 Å². The largest absolute Gasteiger partial charge is 0.493 e. The zero-order valence-electron chi connectivity index (χ0n) is 11.4. The first kappa shape index (κ1) is 13.8. The van der Waals surface area contributed by atoms with Crippen LogP contribution in [0.5, 0.6) is 5.75 Å². The molecule has 3 rings (SSSR count). The van der Waals surface area contributed by atoms with Gasteiger partial charge in [0.2, 0.25) is 5.91 Å². The first-order valence-electron chi connectivity index (χ1n) is 6.96. The fourth-order valence-electron chi connectivity index (χ4n) is 3.01. The van der Waals surface area contributed by atoms with Gasteiger partial charge in [0.1, 0.15) is 5.75 Å². The highest BCUT2D eigenvalue weighted by Crippen LogP contribution is 2.39. The van der Waals surface area contributed by atoms with E-state index in [1.54, 1.807) is 11.0 Å². The molecule has 2 atom stereocenters. The summed E-state index contributed by atoms with van der Waals surface area (Å²) in [5.41, 5.74) is 0.451. The first-order chi connectivity index (χ1) is 10.1. The zero-order chi connectivity index (χ0) is 15.0. The van der Waals surface area contributed by atoms with Crippen LogP contribution in [0.25, 0.3) is 0 Å². The van der Waals surface area contributed by atoms with Crippen molar-refractivity contribution in [1.82, 2.24) is 4.90 Å². The Kier molecular flexibility index (Phi) is 3.50. The molecule has 0 aliphatic carbocycles. The number of carbonyl (C=O) groups is 1. The van der Waals surface area contributed by atoms with Gasteiger partial charge in [-0.05, 0) is 12.5 Å². The monoisotopic (exact) mass is 292 g/mol. The maximum absolute atomic E-state index is 12.0. The van der Waals surface area contributed by atoms with Crippen molar-refractivity contribution in [2.75, 3.05) is 13.2 Å². The summed E-state index contributed by atoms with van der Waals surface area (Å²) in [6.45, 7) is 0.882. The van der Waals surface area contributed by atoms with Crippen LogP contribution in [0.15, 0.2) is 18.2 Å². The van der Waals surface area contributed by atoms with E-state index in [4.69, 9.17) is 4.74 Å². The number of amides is 1. The molecule has 2 aliphatic rings. The van der Waals surface area contributed by atoms with Crippen molar-refractivity contribution in [3.8, 4) is 5.75 Å². The molecule has 2 unspecified atom stereocenters. The summed E-state index contributed by atoms with van der Waals surface area (Å²) in [6.07, 6.45) is 0.800. The second-order valence-corrected chi connectivity index (χ2v) is 5.32. The lowest BCUT2D eigenvalue weighted by atomic mass is 9.97. The van der Waals surface area contributed by atoms with Gasteiger partial charge >= 0.3 is 0 Å². The van der Waals surface area contributed by atoms with E-state index < -0.39 is 17.1 Å². The second-order valence-electron chi connectivity index (χ2n) is 5.32. The predicted octanol–water partition coefficient (Wildman–Crippen LogP) is 1.40. The number of likely N-dealkylation sites (tertiary alicyclic amines) is 1. The third-order valence-electron chi connectivity index (χ3n) is 4.00. The maximum Gasteiger partial charge on any atom is 0.270 e. The Morgan fingerprint density at radius 3 is 2.90 bits per heavy atom. The SMILES string of the molecule is O=C1CCCN1C1c2cc([N+](=O)[O-])ccc2OCCC1O. The Morgan fingerprint density at radius 1 is 1.43 bits per heavy atom. The van der Waals surface area contributed by atoms with E-state index in [9.17, 15) is 20.0 Å². The van der Waals surface area contributed by atoms with Crippen molar-refractivity contribution in [2.45, 2.75) is 31.4 Å². The van der Waals surface area contributed by atoms with Gasteiger partial charge in [0, 0.05) is 37.1 Å². The van der Waals surface area contributed by atoms with Crippen molar-refractivity contribution < 1.29 is 19.6 Å². The fraction of sp³-hybridized carbons (Fsp3) is 0.500. The average molecular weight is 292 g/mol. The molecule has 7 heteroatoms. The third kappa shape index (κ3) is 2.44. The molecule has 0 aromatic heterocycles. The summed E-state index contributed by atoms with van der Waals surface area (Å²) >= 11 is 0. The number of non-ortho nitro benzene ring substituents is 1. The molecule has 0 spiro atoms. The molecular weight excluding hydrogens is 276 g/mol. The molecule has 1 fully saturated rings. The Balaban J connectivity index is 2.07. The van der Waals surface area contributed by atoms with Gasteiger partial charge in [-0.25, -0.2) is 0 Å². The molecule has 7 nitrogen and oxygen atoms in total. The number of hydrogen-bond acceptors (Lipinski definition) is 5. The molecule has 1 N–H and O–H groups in total. The van der Waals surface area contributed by atoms with Crippen LogP contribution in [-0.4, -0.2) is 40.1 Å². The van der Waals surface area contributed by atoms with E-state index in [0.29, 0.717) is 37.3 Å². The van der Waals surface area contributed by atoms with Gasteiger partial charge in [-0.3, -0.25) is 14.9 Å². The van der Waals surface area contributed by atoms with Gasteiger partial charge in [0.05, 0.1) is 23.7 Å². The number of benzene rings is 1. The van der Waals surface area contributed by atoms with Crippen molar-refractivity contribution in [3.05, 3.63) is 33.9 Å². The molecule has 1 amide bonds. The number of nitro benzene ring substituents is 1. The van der Waals surface area contributed by atoms with Gasteiger partial charge in [-0.15, -0.1) is 0 Å². The lowest BCUT2D eigenvalue weighted by molar-refractivity contribution is -0.385. The van der Waals surface area contributed by atoms with E-state index in [2.05, 4.69) is 0 Å². The number of ether oxygens (including phenoxy) is 1. The molecule has 2 heterocycles. The minimum Gasteiger partial charge on any atom is -0.493 e. The van der Waals surface area contributed by atoms with E-state index in [1.165, 1.54) is 12.1 Å². The maximum atomic E-state index is 12.0. The highest BCUT2D eigenvalue weighted by atomic mass is 16.6. The Labute approximate surface area is 121 Å². The molecular formula is C14H16N2O5. The van der Waals surface area contributed by atoms with Crippen LogP contribution in [0, 0.1) is 10.1 Å². The molecule has 1 aromatic carbocycles. The summed E-state index contributed by atoms with van der Waals surface area (Å²) in [7, 11) is 0. The van der Waals surface area contributed by atoms with Gasteiger partial charge < -0.3 is 14.7 Å². The van der Waals surface area contributed by atoms with Crippen LogP contribution < -0.4 is 4.74 Å². The first-order valence-corrected chi connectivity index (χ1v) is 6.96. The van der Waals surface area contributed by atoms with Gasteiger partial charge in [-0.2, -0.15) is 0 Å². The van der Waals surface area contributed by atoms with Gasteiger partial charge in [0.15, 0.2) is 0 Å². The Bertz CT molecular complexity index is 589. The molecule has 0 radical (unpaired) electrons. The van der Waals surface area contributed by atoms with Crippen LogP contribution in [-0.2, 0) is 4.79 Å². The van der Waals surface area contributed by atoms with Crippen LogP contribution in [0.1, 0.15) is 30.9 Å². The van der Waals surface area contributed by atoms with Crippen LogP contribution in [0.2, 0.25) is 0 Å². The number of rotatable bonds is 2. The molecule has 21 heavy (non-hydrogen) atoms. The molecule has 1 aromatic rings. The molecule has 1 saturated heterocycles. The van der Waals surface area contributed by atoms with Gasteiger partial charge in [-0.1, -0.05) is 0 Å². The minimum absolute atomic E-state index is 0.0293. The fourth-order valence-corrected chi connectivity index (χ4v) is 3.01. The molecule has 112 valence electrons. The molecule has 2 aliphatic heterocycles. The van der Waals surface area contributed by atoms with E-state index in [1.807, 2.05) is 0 Å². The Hall–Kier alpha value is -2.15. The molecule has 0 bridgehead atoms. The summed E-state index contributed by atoms with van der Waals surface area (Å²) in [5.74, 6) is 0.472. The van der Waals surface area contributed by atoms with Crippen LogP contribution >= 0.6 is 0 Å². The number of fused-ring (bicyclic) bond motifs is 1. The molecule has 0 saturated carbocycles. The van der Waals surface area contributed by atoms with E-state index in [0.717, 1.165) is 6.42 Å². The number of carbonyl (C=O) groups excluding carboxylic acids is 1. The van der Waals surface area contributed by atoms with Crippen molar-refractivity contribution >= 4 is 11.6 Å². The second kappa shape index (κ2) is 5.33. The normalized spacial score (nSPS) is 25.2. The topological polar surface area (TPSA) is 92.9 Å². The number of aliphatic hydroxyl groups excluding tert-OH is 1. The summed E-state index contributed by atoms with van der Waals surface area (Å²) in [4.78, 5) is 24.1. The number of hydrogen-bond donors (Lipinski definition) is 1. The van der Waals surface area contributed by atoms with Crippen LogP contribution in [0.3, 0.4) is 0 Å². The lowest BCUT2D eigenvalue weighted by Crippen LogP contribution is -2.37. The highest BCUT2D eigenvalue weighted by molar-refractivity contribution is 5.79. The highest BCUT2D eigenvalue weighted by Gasteiger charge is 2.37. The van der Waals surface area contributed by atoms with Crippen molar-refractivity contribution in [1.29, 1.82) is 0 Å². The van der Waals surface area contributed by atoms with E-state index in [-0.39, 0.29) is 11.6 Å². The van der Waals surface area contributed by atoms with Crippen molar-refractivity contribution in [2.24, 2.45) is 0 Å². The summed E-state index contributed by atoms with van der Waals surface area (Å²) in [5, 5.41) is 21.3. The summed E-state index contributed by atoms with van der Waals surface area (Å²) < 4.78 is 5.56. The van der Waals surface area contributed by atoms with Crippen molar-refractivity contribution in [3.63, 3.8) is 0 Å². The quantitative estimate of drug-likeness (QED) is 0.657. The minimum atomic E-state index is -0.782. The van der Waals surface area contributed by atoms with Crippen LogP contribution in [0.4, 0.5) is 5.69 Å². The smallest absolute Gasteiger partial charge is 0.270 e. The van der Waals surface area contributed by atoms with Gasteiger partial charge in [0.25, 0.3) is 5.69 Å². The average Bonchev–Trinajstić information content (AvgIpc) is 2.79.